The van der Waals surface area contributed by atoms with Crippen LogP contribution in [0.15, 0.2) is 42.5 Å². The third kappa shape index (κ3) is 3.80. The zero-order valence-electron chi connectivity index (χ0n) is 11.3. The molecule has 0 radical (unpaired) electrons. The van der Waals surface area contributed by atoms with Gasteiger partial charge < -0.3 is 15.8 Å². The summed E-state index contributed by atoms with van der Waals surface area (Å²) >= 11 is 11.9. The van der Waals surface area contributed by atoms with Gasteiger partial charge in [-0.25, -0.2) is 0 Å². The van der Waals surface area contributed by atoms with Gasteiger partial charge in [-0.3, -0.25) is 4.79 Å². The summed E-state index contributed by atoms with van der Waals surface area (Å²) in [6, 6.07) is 12.0. The number of hydrogen-bond acceptors (Lipinski definition) is 3. The number of carbonyl (C=O) groups is 1. The standard InChI is InChI=1S/C15H14Cl2N2O2/c1-9(21-13-8-4-5-10(16)14(13)17)15(20)19-12-7-3-2-6-11(12)18/h2-9H,18H2,1H3,(H,19,20). The Balaban J connectivity index is 2.06. The van der Waals surface area contributed by atoms with Crippen molar-refractivity contribution in [3.63, 3.8) is 0 Å². The zero-order chi connectivity index (χ0) is 15.4. The van der Waals surface area contributed by atoms with Crippen molar-refractivity contribution in [2.75, 3.05) is 11.1 Å². The first kappa shape index (κ1) is 15.5. The number of para-hydroxylation sites is 2. The van der Waals surface area contributed by atoms with E-state index in [0.29, 0.717) is 22.1 Å². The Bertz CT molecular complexity index is 662. The van der Waals surface area contributed by atoms with Gasteiger partial charge in [0.15, 0.2) is 6.10 Å². The van der Waals surface area contributed by atoms with E-state index < -0.39 is 6.10 Å². The van der Waals surface area contributed by atoms with Crippen molar-refractivity contribution in [3.8, 4) is 5.75 Å². The minimum Gasteiger partial charge on any atom is -0.479 e. The Morgan fingerprint density at radius 2 is 1.90 bits per heavy atom. The summed E-state index contributed by atoms with van der Waals surface area (Å²) in [5, 5.41) is 3.34. The van der Waals surface area contributed by atoms with Crippen LogP contribution in [0, 0.1) is 0 Å². The number of benzene rings is 2. The fourth-order valence-electron chi connectivity index (χ4n) is 1.66. The Morgan fingerprint density at radius 1 is 1.19 bits per heavy atom. The zero-order valence-corrected chi connectivity index (χ0v) is 12.8. The Morgan fingerprint density at radius 3 is 2.62 bits per heavy atom. The summed E-state index contributed by atoms with van der Waals surface area (Å²) in [7, 11) is 0. The number of nitrogen functional groups attached to an aromatic ring is 1. The summed E-state index contributed by atoms with van der Waals surface area (Å²) in [6.07, 6.45) is -0.749. The summed E-state index contributed by atoms with van der Waals surface area (Å²) in [5.74, 6) is 0.0248. The Labute approximate surface area is 132 Å². The number of nitrogens with two attached hydrogens (primary N) is 1. The molecule has 2 aromatic carbocycles. The van der Waals surface area contributed by atoms with Gasteiger partial charge in [-0.05, 0) is 31.2 Å². The highest BCUT2D eigenvalue weighted by molar-refractivity contribution is 6.42. The van der Waals surface area contributed by atoms with E-state index in [0.717, 1.165) is 0 Å². The SMILES string of the molecule is CC(Oc1cccc(Cl)c1Cl)C(=O)Nc1ccccc1N. The smallest absolute Gasteiger partial charge is 0.265 e. The Hall–Kier alpha value is -1.91. The van der Waals surface area contributed by atoms with Gasteiger partial charge in [0.25, 0.3) is 5.91 Å². The van der Waals surface area contributed by atoms with Crippen molar-refractivity contribution in [1.29, 1.82) is 0 Å². The predicted molar refractivity (Wildman–Crippen MR) is 86.0 cm³/mol. The molecule has 0 aliphatic rings. The third-order valence-electron chi connectivity index (χ3n) is 2.81. The summed E-state index contributed by atoms with van der Waals surface area (Å²) in [6.45, 7) is 1.62. The molecule has 21 heavy (non-hydrogen) atoms. The molecule has 1 unspecified atom stereocenters. The molecule has 4 nitrogen and oxygen atoms in total. The molecule has 0 heterocycles. The molecule has 0 aromatic heterocycles. The second-order valence-electron chi connectivity index (χ2n) is 4.39. The van der Waals surface area contributed by atoms with E-state index in [1.165, 1.54) is 0 Å². The number of hydrogen-bond donors (Lipinski definition) is 2. The lowest BCUT2D eigenvalue weighted by molar-refractivity contribution is -0.122. The van der Waals surface area contributed by atoms with Crippen molar-refractivity contribution in [1.82, 2.24) is 0 Å². The number of nitrogens with one attached hydrogen (secondary N) is 1. The number of halogens is 2. The van der Waals surface area contributed by atoms with Crippen LogP contribution in [0.4, 0.5) is 11.4 Å². The average Bonchev–Trinajstić information content (AvgIpc) is 2.46. The van der Waals surface area contributed by atoms with Gasteiger partial charge in [0.1, 0.15) is 10.8 Å². The lowest BCUT2D eigenvalue weighted by atomic mass is 10.2. The highest BCUT2D eigenvalue weighted by Gasteiger charge is 2.17. The van der Waals surface area contributed by atoms with E-state index in [4.69, 9.17) is 33.7 Å². The van der Waals surface area contributed by atoms with Crippen LogP contribution in [0.5, 0.6) is 5.75 Å². The van der Waals surface area contributed by atoms with E-state index in [-0.39, 0.29) is 10.9 Å². The highest BCUT2D eigenvalue weighted by atomic mass is 35.5. The summed E-state index contributed by atoms with van der Waals surface area (Å²) in [5.41, 5.74) is 6.79. The molecular formula is C15H14Cl2N2O2. The van der Waals surface area contributed by atoms with Crippen LogP contribution in [0.1, 0.15) is 6.92 Å². The third-order valence-corrected chi connectivity index (χ3v) is 3.61. The average molecular weight is 325 g/mol. The van der Waals surface area contributed by atoms with Crippen molar-refractivity contribution < 1.29 is 9.53 Å². The molecular weight excluding hydrogens is 311 g/mol. The maximum atomic E-state index is 12.1. The fourth-order valence-corrected chi connectivity index (χ4v) is 2.00. The van der Waals surface area contributed by atoms with Crippen LogP contribution in [-0.2, 0) is 4.79 Å². The van der Waals surface area contributed by atoms with Crippen LogP contribution in [0.3, 0.4) is 0 Å². The summed E-state index contributed by atoms with van der Waals surface area (Å²) in [4.78, 5) is 12.1. The molecule has 0 aliphatic carbocycles. The van der Waals surface area contributed by atoms with Gasteiger partial charge in [-0.1, -0.05) is 41.4 Å². The van der Waals surface area contributed by atoms with Crippen molar-refractivity contribution in [3.05, 3.63) is 52.5 Å². The first-order valence-corrected chi connectivity index (χ1v) is 7.00. The molecule has 110 valence electrons. The molecule has 2 aromatic rings. The van der Waals surface area contributed by atoms with E-state index in [2.05, 4.69) is 5.32 Å². The van der Waals surface area contributed by atoms with E-state index in [1.807, 2.05) is 0 Å². The topological polar surface area (TPSA) is 64.3 Å². The van der Waals surface area contributed by atoms with Crippen molar-refractivity contribution in [2.45, 2.75) is 13.0 Å². The van der Waals surface area contributed by atoms with Gasteiger partial charge in [0, 0.05) is 0 Å². The first-order chi connectivity index (χ1) is 9.99. The van der Waals surface area contributed by atoms with Gasteiger partial charge >= 0.3 is 0 Å². The second kappa shape index (κ2) is 6.70. The molecule has 3 N–H and O–H groups in total. The van der Waals surface area contributed by atoms with Crippen LogP contribution in [0.25, 0.3) is 0 Å². The van der Waals surface area contributed by atoms with Crippen molar-refractivity contribution in [2.24, 2.45) is 0 Å². The molecule has 0 aliphatic heterocycles. The number of anilines is 2. The van der Waals surface area contributed by atoms with Crippen LogP contribution < -0.4 is 15.8 Å². The van der Waals surface area contributed by atoms with Gasteiger partial charge in [0.05, 0.1) is 16.4 Å². The number of amides is 1. The van der Waals surface area contributed by atoms with E-state index in [1.54, 1.807) is 49.4 Å². The molecule has 0 saturated carbocycles. The maximum absolute atomic E-state index is 12.1. The molecule has 0 saturated heterocycles. The summed E-state index contributed by atoms with van der Waals surface area (Å²) < 4.78 is 5.53. The molecule has 6 heteroatoms. The van der Waals surface area contributed by atoms with Crippen LogP contribution >= 0.6 is 23.2 Å². The first-order valence-electron chi connectivity index (χ1n) is 6.25. The highest BCUT2D eigenvalue weighted by Crippen LogP contribution is 2.32. The van der Waals surface area contributed by atoms with E-state index >= 15 is 0 Å². The molecule has 1 atom stereocenters. The normalized spacial score (nSPS) is 11.8. The maximum Gasteiger partial charge on any atom is 0.265 e. The van der Waals surface area contributed by atoms with Gasteiger partial charge in [0.2, 0.25) is 0 Å². The van der Waals surface area contributed by atoms with Gasteiger partial charge in [-0.15, -0.1) is 0 Å². The molecule has 2 rings (SSSR count). The molecule has 0 bridgehead atoms. The van der Waals surface area contributed by atoms with E-state index in [9.17, 15) is 4.79 Å². The van der Waals surface area contributed by atoms with Gasteiger partial charge in [-0.2, -0.15) is 0 Å². The molecule has 0 spiro atoms. The molecule has 0 fully saturated rings. The number of carbonyl (C=O) groups excluding carboxylic acids is 1. The van der Waals surface area contributed by atoms with Crippen LogP contribution in [0.2, 0.25) is 10.0 Å². The number of ether oxygens (including phenoxy) is 1. The number of rotatable bonds is 4. The fraction of sp³-hybridized carbons (Fsp3) is 0.133. The monoisotopic (exact) mass is 324 g/mol. The Kier molecular flexibility index (Phi) is 4.94. The minimum absolute atomic E-state index is 0.276. The second-order valence-corrected chi connectivity index (χ2v) is 5.17. The predicted octanol–water partition coefficient (Wildman–Crippen LogP) is 3.98. The minimum atomic E-state index is -0.749. The van der Waals surface area contributed by atoms with Crippen molar-refractivity contribution >= 4 is 40.5 Å². The lowest BCUT2D eigenvalue weighted by Gasteiger charge is -2.16. The largest absolute Gasteiger partial charge is 0.479 e. The quantitative estimate of drug-likeness (QED) is 0.836. The lowest BCUT2D eigenvalue weighted by Crippen LogP contribution is -2.30. The van der Waals surface area contributed by atoms with Crippen LogP contribution in [-0.4, -0.2) is 12.0 Å². The molecule has 1 amide bonds.